The zero-order chi connectivity index (χ0) is 11.0. The lowest BCUT2D eigenvalue weighted by Crippen LogP contribution is -2.32. The number of hydrogen-bond acceptors (Lipinski definition) is 3. The molecule has 0 saturated carbocycles. The molecule has 4 heteroatoms. The lowest BCUT2D eigenvalue weighted by molar-refractivity contribution is 0.541. The Balaban J connectivity index is 1.94. The van der Waals surface area contributed by atoms with Gasteiger partial charge in [-0.25, -0.2) is 0 Å². The van der Waals surface area contributed by atoms with Gasteiger partial charge in [0.05, 0.1) is 18.4 Å². The van der Waals surface area contributed by atoms with Crippen LogP contribution < -0.4 is 16.0 Å². The average Bonchev–Trinajstić information content (AvgIpc) is 2.78. The Morgan fingerprint density at radius 2 is 1.94 bits per heavy atom. The predicted octanol–water partition coefficient (Wildman–Crippen LogP) is 1.85. The van der Waals surface area contributed by atoms with Crippen LogP contribution in [0.4, 0.5) is 0 Å². The maximum absolute atomic E-state index is 3.55. The van der Waals surface area contributed by atoms with E-state index < -0.39 is 0 Å². The second-order valence-corrected chi connectivity index (χ2v) is 5.03. The Bertz CT molecular complexity index is 424. The third kappa shape index (κ3) is 1.72. The van der Waals surface area contributed by atoms with Gasteiger partial charge in [0.25, 0.3) is 0 Å². The van der Waals surface area contributed by atoms with E-state index in [4.69, 9.17) is 0 Å². The number of halogens is 1. The van der Waals surface area contributed by atoms with E-state index in [1.54, 1.807) is 0 Å². The van der Waals surface area contributed by atoms with Crippen molar-refractivity contribution in [3.05, 3.63) is 45.7 Å². The van der Waals surface area contributed by atoms with Gasteiger partial charge >= 0.3 is 0 Å². The van der Waals surface area contributed by atoms with Crippen LogP contribution in [-0.4, -0.2) is 13.2 Å². The normalized spacial score (nSPS) is 23.7. The Hall–Kier alpha value is -1.00. The third-order valence-corrected chi connectivity index (χ3v) is 3.65. The summed E-state index contributed by atoms with van der Waals surface area (Å²) in [7, 11) is 0. The van der Waals surface area contributed by atoms with Crippen LogP contribution in [0.15, 0.2) is 40.1 Å². The molecule has 0 aliphatic carbocycles. The lowest BCUT2D eigenvalue weighted by Gasteiger charge is -2.26. The Labute approximate surface area is 103 Å². The lowest BCUT2D eigenvalue weighted by atomic mass is 9.99. The first-order valence-electron chi connectivity index (χ1n) is 5.54. The first-order valence-corrected chi connectivity index (χ1v) is 6.33. The summed E-state index contributed by atoms with van der Waals surface area (Å²) in [5, 5.41) is 10.4. The smallest absolute Gasteiger partial charge is 0.0846 e. The third-order valence-electron chi connectivity index (χ3n) is 3.12. The second kappa shape index (κ2) is 4.11. The molecule has 1 aromatic rings. The van der Waals surface area contributed by atoms with Crippen molar-refractivity contribution in [3.8, 4) is 0 Å². The summed E-state index contributed by atoms with van der Waals surface area (Å²) >= 11 is 3.47. The van der Waals surface area contributed by atoms with E-state index in [0.29, 0.717) is 6.04 Å². The van der Waals surface area contributed by atoms with E-state index in [9.17, 15) is 0 Å². The Morgan fingerprint density at radius 3 is 2.75 bits per heavy atom. The molecule has 0 bridgehead atoms. The molecule has 0 spiro atoms. The zero-order valence-electron chi connectivity index (χ0n) is 8.89. The highest BCUT2D eigenvalue weighted by atomic mass is 79.9. The summed E-state index contributed by atoms with van der Waals surface area (Å²) in [4.78, 5) is 0. The van der Waals surface area contributed by atoms with Crippen molar-refractivity contribution in [1.82, 2.24) is 16.0 Å². The van der Waals surface area contributed by atoms with Crippen molar-refractivity contribution in [2.75, 3.05) is 13.2 Å². The zero-order valence-corrected chi connectivity index (χ0v) is 10.5. The molecular weight excluding hydrogens is 266 g/mol. The van der Waals surface area contributed by atoms with Crippen molar-refractivity contribution >= 4 is 15.9 Å². The Kier molecular flexibility index (Phi) is 2.61. The standard InChI is InChI=1S/C12H14BrN3/c13-9-3-1-8(2-4-9)11-12-10(5-6-14-11)15-7-16-12/h1-4,11,14-16H,5-7H2/t11-/m1/s1. The van der Waals surface area contributed by atoms with Crippen LogP contribution in [0.3, 0.4) is 0 Å². The molecular formula is C12H14BrN3. The minimum Gasteiger partial charge on any atom is -0.370 e. The van der Waals surface area contributed by atoms with Crippen molar-refractivity contribution < 1.29 is 0 Å². The first kappa shape index (κ1) is 10.2. The monoisotopic (exact) mass is 279 g/mol. The van der Waals surface area contributed by atoms with Gasteiger partial charge in [-0.1, -0.05) is 28.1 Å². The minimum absolute atomic E-state index is 0.312. The van der Waals surface area contributed by atoms with Crippen molar-refractivity contribution in [3.63, 3.8) is 0 Å². The number of hydrogen-bond donors (Lipinski definition) is 3. The van der Waals surface area contributed by atoms with Crippen molar-refractivity contribution in [2.45, 2.75) is 12.5 Å². The van der Waals surface area contributed by atoms with E-state index in [1.165, 1.54) is 17.0 Å². The molecule has 0 fully saturated rings. The highest BCUT2D eigenvalue weighted by molar-refractivity contribution is 9.10. The largest absolute Gasteiger partial charge is 0.370 e. The van der Waals surface area contributed by atoms with Gasteiger partial charge in [-0.05, 0) is 17.7 Å². The summed E-state index contributed by atoms with van der Waals surface area (Å²) in [5.74, 6) is 0. The molecule has 3 nitrogen and oxygen atoms in total. The highest BCUT2D eigenvalue weighted by Crippen LogP contribution is 2.28. The molecule has 2 aliphatic heterocycles. The van der Waals surface area contributed by atoms with Crippen LogP contribution in [-0.2, 0) is 0 Å². The molecule has 16 heavy (non-hydrogen) atoms. The summed E-state index contributed by atoms with van der Waals surface area (Å²) in [6.45, 7) is 1.90. The van der Waals surface area contributed by atoms with E-state index in [1.807, 2.05) is 0 Å². The fraction of sp³-hybridized carbons (Fsp3) is 0.333. The molecule has 2 heterocycles. The van der Waals surface area contributed by atoms with Gasteiger partial charge in [-0.15, -0.1) is 0 Å². The van der Waals surface area contributed by atoms with Gasteiger partial charge in [-0.2, -0.15) is 0 Å². The molecule has 0 unspecified atom stereocenters. The van der Waals surface area contributed by atoms with Gasteiger partial charge in [0.1, 0.15) is 0 Å². The maximum Gasteiger partial charge on any atom is 0.0846 e. The van der Waals surface area contributed by atoms with Crippen LogP contribution >= 0.6 is 15.9 Å². The fourth-order valence-corrected chi connectivity index (χ4v) is 2.60. The molecule has 0 amide bonds. The van der Waals surface area contributed by atoms with E-state index in [0.717, 1.165) is 24.1 Å². The molecule has 1 atom stereocenters. The molecule has 3 N–H and O–H groups in total. The molecule has 2 aliphatic rings. The number of benzene rings is 1. The molecule has 1 aromatic carbocycles. The van der Waals surface area contributed by atoms with Gasteiger partial charge in [-0.3, -0.25) is 0 Å². The second-order valence-electron chi connectivity index (χ2n) is 4.11. The SMILES string of the molecule is Brc1ccc([C@H]2NCCC3=C2NCN3)cc1. The first-order chi connectivity index (χ1) is 7.84. The molecule has 0 saturated heterocycles. The van der Waals surface area contributed by atoms with Crippen molar-refractivity contribution in [1.29, 1.82) is 0 Å². The molecule has 0 radical (unpaired) electrons. The fourth-order valence-electron chi connectivity index (χ4n) is 2.33. The van der Waals surface area contributed by atoms with Crippen LogP contribution in [0.2, 0.25) is 0 Å². The quantitative estimate of drug-likeness (QED) is 0.734. The average molecular weight is 280 g/mol. The van der Waals surface area contributed by atoms with Gasteiger partial charge in [0.2, 0.25) is 0 Å². The van der Waals surface area contributed by atoms with Gasteiger partial charge in [0.15, 0.2) is 0 Å². The number of nitrogens with one attached hydrogen (secondary N) is 3. The van der Waals surface area contributed by atoms with Crippen LogP contribution in [0.5, 0.6) is 0 Å². The molecule has 84 valence electrons. The van der Waals surface area contributed by atoms with Crippen LogP contribution in [0, 0.1) is 0 Å². The van der Waals surface area contributed by atoms with E-state index in [-0.39, 0.29) is 0 Å². The Morgan fingerprint density at radius 1 is 1.12 bits per heavy atom. The van der Waals surface area contributed by atoms with Crippen LogP contribution in [0.25, 0.3) is 0 Å². The van der Waals surface area contributed by atoms with Gasteiger partial charge < -0.3 is 16.0 Å². The van der Waals surface area contributed by atoms with Crippen molar-refractivity contribution in [2.24, 2.45) is 0 Å². The van der Waals surface area contributed by atoms with E-state index >= 15 is 0 Å². The maximum atomic E-state index is 3.55. The number of rotatable bonds is 1. The summed E-state index contributed by atoms with van der Waals surface area (Å²) in [5.41, 5.74) is 3.99. The topological polar surface area (TPSA) is 36.1 Å². The highest BCUT2D eigenvalue weighted by Gasteiger charge is 2.26. The van der Waals surface area contributed by atoms with E-state index in [2.05, 4.69) is 56.1 Å². The predicted molar refractivity (Wildman–Crippen MR) is 67.7 cm³/mol. The van der Waals surface area contributed by atoms with Gasteiger partial charge in [0, 0.05) is 23.1 Å². The summed E-state index contributed by atoms with van der Waals surface area (Å²) in [6.07, 6.45) is 1.09. The minimum atomic E-state index is 0.312. The summed E-state index contributed by atoms with van der Waals surface area (Å²) in [6, 6.07) is 8.82. The summed E-state index contributed by atoms with van der Waals surface area (Å²) < 4.78 is 1.12. The van der Waals surface area contributed by atoms with Crippen LogP contribution in [0.1, 0.15) is 18.0 Å². The molecule has 3 rings (SSSR count). The molecule has 0 aromatic heterocycles.